The van der Waals surface area contributed by atoms with Crippen molar-refractivity contribution >= 4 is 11.3 Å². The van der Waals surface area contributed by atoms with Gasteiger partial charge in [-0.2, -0.15) is 11.3 Å². The van der Waals surface area contributed by atoms with Crippen molar-refractivity contribution in [2.45, 2.75) is 32.2 Å². The van der Waals surface area contributed by atoms with E-state index in [1.807, 2.05) is 0 Å². The van der Waals surface area contributed by atoms with Gasteiger partial charge < -0.3 is 5.73 Å². The second kappa shape index (κ2) is 5.03. The van der Waals surface area contributed by atoms with E-state index in [1.54, 1.807) is 11.3 Å². The molecule has 0 aliphatic rings. The van der Waals surface area contributed by atoms with Crippen LogP contribution in [0.5, 0.6) is 0 Å². The Kier molecular flexibility index (Phi) is 3.65. The third-order valence-corrected chi connectivity index (χ3v) is 3.91. The Labute approximate surface area is 107 Å². The van der Waals surface area contributed by atoms with E-state index in [2.05, 4.69) is 54.9 Å². The van der Waals surface area contributed by atoms with Crippen LogP contribution in [0, 0.1) is 0 Å². The Bertz CT molecular complexity index is 454. The van der Waals surface area contributed by atoms with Crippen molar-refractivity contribution in [2.24, 2.45) is 5.73 Å². The predicted octanol–water partition coefficient (Wildman–Crippen LogP) is 3.73. The molecule has 1 unspecified atom stereocenters. The van der Waals surface area contributed by atoms with Crippen LogP contribution in [0.25, 0.3) is 0 Å². The van der Waals surface area contributed by atoms with Crippen LogP contribution in [-0.4, -0.2) is 0 Å². The standard InChI is InChI=1S/C15H19NS/c1-3-12-4-6-14(7-5-12)15(2,16)10-13-8-9-17-11-13/h4-9,11H,3,10,16H2,1-2H3. The smallest absolute Gasteiger partial charge is 0.0422 e. The van der Waals surface area contributed by atoms with E-state index in [0.29, 0.717) is 0 Å². The topological polar surface area (TPSA) is 26.0 Å². The van der Waals surface area contributed by atoms with Crippen LogP contribution in [0.1, 0.15) is 30.5 Å². The maximum absolute atomic E-state index is 6.43. The van der Waals surface area contributed by atoms with Gasteiger partial charge in [0.15, 0.2) is 0 Å². The molecule has 1 aromatic heterocycles. The van der Waals surface area contributed by atoms with E-state index in [0.717, 1.165) is 12.8 Å². The minimum absolute atomic E-state index is 0.284. The summed E-state index contributed by atoms with van der Waals surface area (Å²) >= 11 is 1.73. The maximum atomic E-state index is 6.43. The van der Waals surface area contributed by atoms with Crippen molar-refractivity contribution < 1.29 is 0 Å². The summed E-state index contributed by atoms with van der Waals surface area (Å²) in [5.74, 6) is 0. The molecule has 17 heavy (non-hydrogen) atoms. The van der Waals surface area contributed by atoms with Crippen LogP contribution in [-0.2, 0) is 18.4 Å². The lowest BCUT2D eigenvalue weighted by Gasteiger charge is -2.25. The molecule has 0 amide bonds. The second-order valence-electron chi connectivity index (χ2n) is 4.78. The third kappa shape index (κ3) is 2.96. The van der Waals surface area contributed by atoms with Gasteiger partial charge in [0.05, 0.1) is 0 Å². The molecule has 2 N–H and O–H groups in total. The molecule has 2 aromatic rings. The van der Waals surface area contributed by atoms with Crippen molar-refractivity contribution in [2.75, 3.05) is 0 Å². The molecule has 1 aromatic carbocycles. The zero-order chi connectivity index (χ0) is 12.3. The van der Waals surface area contributed by atoms with E-state index < -0.39 is 0 Å². The van der Waals surface area contributed by atoms with Crippen LogP contribution in [0.3, 0.4) is 0 Å². The number of nitrogens with two attached hydrogens (primary N) is 1. The Hall–Kier alpha value is -1.12. The van der Waals surface area contributed by atoms with Gasteiger partial charge in [-0.05, 0) is 53.3 Å². The number of thiophene rings is 1. The van der Waals surface area contributed by atoms with Crippen molar-refractivity contribution in [3.05, 3.63) is 57.8 Å². The first-order chi connectivity index (χ1) is 8.12. The summed E-state index contributed by atoms with van der Waals surface area (Å²) in [5.41, 5.74) is 10.0. The summed E-state index contributed by atoms with van der Waals surface area (Å²) in [6, 6.07) is 10.8. The first kappa shape index (κ1) is 12.3. The average molecular weight is 245 g/mol. The van der Waals surface area contributed by atoms with Gasteiger partial charge in [0, 0.05) is 5.54 Å². The van der Waals surface area contributed by atoms with Crippen molar-refractivity contribution in [3.63, 3.8) is 0 Å². The molecular weight excluding hydrogens is 226 g/mol. The minimum Gasteiger partial charge on any atom is -0.321 e. The molecule has 2 heteroatoms. The number of hydrogen-bond acceptors (Lipinski definition) is 2. The highest BCUT2D eigenvalue weighted by atomic mass is 32.1. The molecule has 0 aliphatic heterocycles. The van der Waals surface area contributed by atoms with Crippen LogP contribution in [0.15, 0.2) is 41.1 Å². The predicted molar refractivity (Wildman–Crippen MR) is 75.4 cm³/mol. The Morgan fingerprint density at radius 2 is 1.82 bits per heavy atom. The Morgan fingerprint density at radius 3 is 2.35 bits per heavy atom. The van der Waals surface area contributed by atoms with Gasteiger partial charge >= 0.3 is 0 Å². The lowest BCUT2D eigenvalue weighted by Crippen LogP contribution is -2.35. The highest BCUT2D eigenvalue weighted by molar-refractivity contribution is 7.07. The molecule has 0 saturated carbocycles. The van der Waals surface area contributed by atoms with E-state index in [4.69, 9.17) is 5.73 Å². The summed E-state index contributed by atoms with van der Waals surface area (Å²) in [7, 11) is 0. The van der Waals surface area contributed by atoms with Gasteiger partial charge in [-0.25, -0.2) is 0 Å². The van der Waals surface area contributed by atoms with Gasteiger partial charge in [0.25, 0.3) is 0 Å². The molecule has 0 fully saturated rings. The molecule has 1 heterocycles. The molecule has 0 saturated heterocycles. The third-order valence-electron chi connectivity index (χ3n) is 3.17. The molecular formula is C15H19NS. The van der Waals surface area contributed by atoms with Crippen LogP contribution < -0.4 is 5.73 Å². The summed E-state index contributed by atoms with van der Waals surface area (Å²) in [6.07, 6.45) is 1.97. The highest BCUT2D eigenvalue weighted by Crippen LogP contribution is 2.24. The fourth-order valence-electron chi connectivity index (χ4n) is 2.04. The summed E-state index contributed by atoms with van der Waals surface area (Å²) in [6.45, 7) is 4.27. The fraction of sp³-hybridized carbons (Fsp3) is 0.333. The zero-order valence-electron chi connectivity index (χ0n) is 10.4. The average Bonchev–Trinajstić information content (AvgIpc) is 2.81. The van der Waals surface area contributed by atoms with E-state index in [1.165, 1.54) is 16.7 Å². The molecule has 0 bridgehead atoms. The lowest BCUT2D eigenvalue weighted by atomic mass is 9.87. The fourth-order valence-corrected chi connectivity index (χ4v) is 2.71. The summed E-state index contributed by atoms with van der Waals surface area (Å²) < 4.78 is 0. The van der Waals surface area contributed by atoms with Gasteiger partial charge in [0.2, 0.25) is 0 Å². The van der Waals surface area contributed by atoms with Crippen molar-refractivity contribution in [1.82, 2.24) is 0 Å². The van der Waals surface area contributed by atoms with Crippen LogP contribution in [0.4, 0.5) is 0 Å². The molecule has 0 aliphatic carbocycles. The number of rotatable bonds is 4. The zero-order valence-corrected chi connectivity index (χ0v) is 11.3. The number of aryl methyl sites for hydroxylation is 1. The van der Waals surface area contributed by atoms with Crippen LogP contribution >= 0.6 is 11.3 Å². The Balaban J connectivity index is 2.18. The molecule has 0 spiro atoms. The Morgan fingerprint density at radius 1 is 1.12 bits per heavy atom. The molecule has 1 atom stereocenters. The first-order valence-electron chi connectivity index (χ1n) is 6.01. The van der Waals surface area contributed by atoms with Gasteiger partial charge in [-0.1, -0.05) is 31.2 Å². The summed E-state index contributed by atoms with van der Waals surface area (Å²) in [5, 5.41) is 4.27. The summed E-state index contributed by atoms with van der Waals surface area (Å²) in [4.78, 5) is 0. The van der Waals surface area contributed by atoms with Gasteiger partial charge in [-0.15, -0.1) is 0 Å². The SMILES string of the molecule is CCc1ccc(C(C)(N)Cc2ccsc2)cc1. The molecule has 1 nitrogen and oxygen atoms in total. The van der Waals surface area contributed by atoms with E-state index in [-0.39, 0.29) is 5.54 Å². The normalized spacial score (nSPS) is 14.5. The maximum Gasteiger partial charge on any atom is 0.0422 e. The molecule has 0 radical (unpaired) electrons. The molecule has 90 valence electrons. The van der Waals surface area contributed by atoms with Gasteiger partial charge in [-0.3, -0.25) is 0 Å². The quantitative estimate of drug-likeness (QED) is 0.872. The first-order valence-corrected chi connectivity index (χ1v) is 6.95. The highest BCUT2D eigenvalue weighted by Gasteiger charge is 2.21. The van der Waals surface area contributed by atoms with Crippen molar-refractivity contribution in [1.29, 1.82) is 0 Å². The van der Waals surface area contributed by atoms with E-state index >= 15 is 0 Å². The molecule has 2 rings (SSSR count). The lowest BCUT2D eigenvalue weighted by molar-refractivity contribution is 0.492. The number of benzene rings is 1. The largest absolute Gasteiger partial charge is 0.321 e. The number of hydrogen-bond donors (Lipinski definition) is 1. The second-order valence-corrected chi connectivity index (χ2v) is 5.56. The monoisotopic (exact) mass is 245 g/mol. The van der Waals surface area contributed by atoms with Crippen LogP contribution in [0.2, 0.25) is 0 Å². The minimum atomic E-state index is -0.284. The van der Waals surface area contributed by atoms with E-state index in [9.17, 15) is 0 Å². The van der Waals surface area contributed by atoms with Crippen molar-refractivity contribution in [3.8, 4) is 0 Å². The van der Waals surface area contributed by atoms with Gasteiger partial charge in [0.1, 0.15) is 0 Å².